The summed E-state index contributed by atoms with van der Waals surface area (Å²) in [6.07, 6.45) is 32.8. The van der Waals surface area contributed by atoms with Crippen LogP contribution < -0.4 is 29.6 Å². The van der Waals surface area contributed by atoms with Gasteiger partial charge >= 0.3 is 29.6 Å². The summed E-state index contributed by atoms with van der Waals surface area (Å²) in [6, 6.07) is 5.32. The molecule has 222 valence electrons. The third-order valence-electron chi connectivity index (χ3n) is 8.08. The molecule has 0 bridgehead atoms. The van der Waals surface area contributed by atoms with Gasteiger partial charge < -0.3 is 4.55 Å². The van der Waals surface area contributed by atoms with Crippen molar-refractivity contribution in [2.24, 2.45) is 0 Å². The van der Waals surface area contributed by atoms with Gasteiger partial charge in [-0.15, -0.1) is 0 Å². The number of rotatable bonds is 27. The Morgan fingerprint density at radius 1 is 0.513 bits per heavy atom. The molecule has 0 spiro atoms. The molecule has 0 aliphatic carbocycles. The van der Waals surface area contributed by atoms with Crippen LogP contribution in [0.5, 0.6) is 0 Å². The van der Waals surface area contributed by atoms with E-state index in [4.69, 9.17) is 0 Å². The van der Waals surface area contributed by atoms with Crippen LogP contribution in [0.25, 0.3) is 0 Å². The molecule has 0 saturated heterocycles. The normalized spacial score (nSPS) is 11.6. The Hall–Kier alpha value is 0.130. The summed E-state index contributed by atoms with van der Waals surface area (Å²) in [4.78, 5) is 0.0250. The summed E-state index contributed by atoms with van der Waals surface area (Å²) >= 11 is 0. The smallest absolute Gasteiger partial charge is 0.744 e. The average molecular weight is 573 g/mol. The van der Waals surface area contributed by atoms with Crippen LogP contribution >= 0.6 is 0 Å². The molecular weight excluding hydrogens is 511 g/mol. The number of hydrogen-bond acceptors (Lipinski definition) is 3. The summed E-state index contributed by atoms with van der Waals surface area (Å²) in [6.45, 7) is 4.53. The predicted molar refractivity (Wildman–Crippen MR) is 164 cm³/mol. The van der Waals surface area contributed by atoms with E-state index in [0.717, 1.165) is 36.8 Å². The van der Waals surface area contributed by atoms with E-state index in [0.29, 0.717) is 6.42 Å². The third-order valence-corrected chi connectivity index (χ3v) is 9.00. The van der Waals surface area contributed by atoms with E-state index in [9.17, 15) is 13.0 Å². The van der Waals surface area contributed by atoms with Crippen LogP contribution in [0.2, 0.25) is 0 Å². The van der Waals surface area contributed by atoms with Crippen molar-refractivity contribution < 1.29 is 42.5 Å². The fourth-order valence-electron chi connectivity index (χ4n) is 5.66. The molecule has 0 N–H and O–H groups in total. The minimum Gasteiger partial charge on any atom is -0.744 e. The van der Waals surface area contributed by atoms with Crippen molar-refractivity contribution in [1.29, 1.82) is 0 Å². The van der Waals surface area contributed by atoms with Gasteiger partial charge in [-0.3, -0.25) is 0 Å². The Morgan fingerprint density at radius 2 is 0.846 bits per heavy atom. The van der Waals surface area contributed by atoms with Crippen LogP contribution in [0.15, 0.2) is 23.1 Å². The molecule has 0 heterocycles. The molecule has 5 heteroatoms. The van der Waals surface area contributed by atoms with Crippen LogP contribution in [0.4, 0.5) is 0 Å². The predicted octanol–water partition coefficient (Wildman–Crippen LogP) is 8.08. The molecule has 0 saturated carbocycles. The second-order valence-corrected chi connectivity index (χ2v) is 13.0. The zero-order chi connectivity index (χ0) is 27.7. The van der Waals surface area contributed by atoms with E-state index in [2.05, 4.69) is 13.8 Å². The summed E-state index contributed by atoms with van der Waals surface area (Å²) in [5.41, 5.74) is 1.88. The van der Waals surface area contributed by atoms with Gasteiger partial charge in [-0.1, -0.05) is 167 Å². The average Bonchev–Trinajstić information content (AvgIpc) is 2.89. The van der Waals surface area contributed by atoms with Crippen LogP contribution in [0, 0.1) is 0 Å². The van der Waals surface area contributed by atoms with Crippen molar-refractivity contribution in [1.82, 2.24) is 0 Å². The van der Waals surface area contributed by atoms with Gasteiger partial charge in [0.15, 0.2) is 0 Å². The monoisotopic (exact) mass is 572 g/mol. The molecule has 3 nitrogen and oxygen atoms in total. The Labute approximate surface area is 266 Å². The van der Waals surface area contributed by atoms with Crippen LogP contribution in [-0.4, -0.2) is 13.0 Å². The van der Waals surface area contributed by atoms with E-state index in [1.807, 2.05) is 6.07 Å². The quantitative estimate of drug-likeness (QED) is 0.0608. The van der Waals surface area contributed by atoms with Crippen molar-refractivity contribution in [3.8, 4) is 0 Å². The van der Waals surface area contributed by atoms with E-state index >= 15 is 0 Å². The van der Waals surface area contributed by atoms with Crippen LogP contribution in [-0.2, 0) is 23.0 Å². The first kappa shape index (κ1) is 39.1. The number of aryl methyl sites for hydroxylation is 1. The standard InChI is InChI=1S/C34H62O3S.Na/c1-3-5-7-9-11-13-15-17-19-21-23-25-28-32-29-27-31-34(38(35,36)37)33(32)30-26-24-22-20-18-16-14-12-10-8-6-4-2;/h27,29,31H,3-26,28,30H2,1-2H3,(H,35,36,37);/q;+1/p-1. The topological polar surface area (TPSA) is 57.2 Å². The molecular formula is C34H61NaO3S. The molecule has 0 amide bonds. The molecule has 0 unspecified atom stereocenters. The largest absolute Gasteiger partial charge is 1.00 e. The van der Waals surface area contributed by atoms with Crippen molar-refractivity contribution in [2.45, 2.75) is 186 Å². The second kappa shape index (κ2) is 27.0. The Morgan fingerprint density at radius 3 is 1.21 bits per heavy atom. The molecule has 1 aromatic carbocycles. The summed E-state index contributed by atoms with van der Waals surface area (Å²) in [5.74, 6) is 0. The van der Waals surface area contributed by atoms with Gasteiger partial charge in [0.1, 0.15) is 10.1 Å². The molecule has 0 aromatic heterocycles. The van der Waals surface area contributed by atoms with E-state index in [-0.39, 0.29) is 34.5 Å². The Kier molecular flexibility index (Phi) is 27.1. The van der Waals surface area contributed by atoms with Gasteiger partial charge in [-0.25, -0.2) is 8.42 Å². The van der Waals surface area contributed by atoms with Gasteiger partial charge in [0.25, 0.3) is 0 Å². The van der Waals surface area contributed by atoms with Crippen molar-refractivity contribution in [2.75, 3.05) is 0 Å². The van der Waals surface area contributed by atoms with E-state index in [1.165, 1.54) is 141 Å². The zero-order valence-electron chi connectivity index (χ0n) is 26.2. The summed E-state index contributed by atoms with van der Waals surface area (Å²) in [7, 11) is -4.43. The first-order valence-electron chi connectivity index (χ1n) is 16.6. The minimum atomic E-state index is -4.43. The Bertz CT molecular complexity index is 779. The zero-order valence-corrected chi connectivity index (χ0v) is 29.1. The maximum atomic E-state index is 11.9. The van der Waals surface area contributed by atoms with Crippen molar-refractivity contribution >= 4 is 10.1 Å². The van der Waals surface area contributed by atoms with Gasteiger partial charge in [0.2, 0.25) is 0 Å². The third kappa shape index (κ3) is 21.5. The maximum absolute atomic E-state index is 11.9. The molecule has 39 heavy (non-hydrogen) atoms. The number of hydrogen-bond donors (Lipinski definition) is 0. The fourth-order valence-corrected chi connectivity index (χ4v) is 6.44. The van der Waals surface area contributed by atoms with Gasteiger partial charge in [-0.2, -0.15) is 0 Å². The molecule has 1 rings (SSSR count). The maximum Gasteiger partial charge on any atom is 1.00 e. The van der Waals surface area contributed by atoms with Gasteiger partial charge in [-0.05, 0) is 42.9 Å². The van der Waals surface area contributed by atoms with Crippen LogP contribution in [0.1, 0.15) is 179 Å². The molecule has 0 aliphatic rings. The molecule has 0 radical (unpaired) electrons. The summed E-state index contributed by atoms with van der Waals surface area (Å²) in [5, 5.41) is 0. The molecule has 0 atom stereocenters. The van der Waals surface area contributed by atoms with Crippen molar-refractivity contribution in [3.05, 3.63) is 29.3 Å². The molecule has 0 aliphatic heterocycles. The van der Waals surface area contributed by atoms with E-state index < -0.39 is 10.1 Å². The molecule has 0 fully saturated rings. The SMILES string of the molecule is CCCCCCCCCCCCCCc1cccc(S(=O)(=O)[O-])c1CCCCCCCCCCCCCC.[Na+]. The van der Waals surface area contributed by atoms with Gasteiger partial charge in [0, 0.05) is 0 Å². The van der Waals surface area contributed by atoms with Crippen LogP contribution in [0.3, 0.4) is 0 Å². The summed E-state index contributed by atoms with van der Waals surface area (Å²) < 4.78 is 35.8. The fraction of sp³-hybridized carbons (Fsp3) is 0.824. The number of unbranched alkanes of at least 4 members (excludes halogenated alkanes) is 22. The molecule has 1 aromatic rings. The first-order chi connectivity index (χ1) is 18.5. The number of benzene rings is 1. The first-order valence-corrected chi connectivity index (χ1v) is 18.0. The minimum absolute atomic E-state index is 0. The van der Waals surface area contributed by atoms with E-state index in [1.54, 1.807) is 6.07 Å². The van der Waals surface area contributed by atoms with Gasteiger partial charge in [0.05, 0.1) is 4.90 Å². The van der Waals surface area contributed by atoms with Crippen molar-refractivity contribution in [3.63, 3.8) is 0 Å². The second-order valence-electron chi connectivity index (χ2n) is 11.6. The Balaban J connectivity index is 0.0000144.